The average Bonchev–Trinajstić information content (AvgIpc) is 3.39. The van der Waals surface area contributed by atoms with Crippen molar-refractivity contribution in [2.45, 2.75) is 32.0 Å². The molecule has 9 heteroatoms. The summed E-state index contributed by atoms with van der Waals surface area (Å²) >= 11 is 0. The van der Waals surface area contributed by atoms with Gasteiger partial charge in [-0.2, -0.15) is 13.9 Å². The van der Waals surface area contributed by atoms with E-state index in [2.05, 4.69) is 19.9 Å². The lowest BCUT2D eigenvalue weighted by atomic mass is 10.0. The smallest absolute Gasteiger partial charge is 0.387 e. The lowest BCUT2D eigenvalue weighted by Gasteiger charge is -2.14. The number of fused-ring (bicyclic) bond motifs is 1. The zero-order valence-electron chi connectivity index (χ0n) is 15.1. The van der Waals surface area contributed by atoms with Crippen molar-refractivity contribution in [3.05, 3.63) is 40.3 Å². The van der Waals surface area contributed by atoms with Crippen LogP contribution in [0.4, 0.5) is 8.78 Å². The molecule has 0 spiro atoms. The largest absolute Gasteiger partial charge is 0.487 e. The highest BCUT2D eigenvalue weighted by atomic mass is 19.3. The minimum atomic E-state index is -2.94. The zero-order chi connectivity index (χ0) is 19.7. The lowest BCUT2D eigenvalue weighted by Crippen LogP contribution is -2.09. The summed E-state index contributed by atoms with van der Waals surface area (Å²) in [4.78, 5) is 15.5. The number of nitrogens with one attached hydrogen (secondary N) is 2. The molecule has 1 aliphatic carbocycles. The first-order valence-corrected chi connectivity index (χ1v) is 8.90. The number of aromatic nitrogens is 3. The average molecular weight is 391 g/mol. The van der Waals surface area contributed by atoms with Crippen LogP contribution in [0.15, 0.2) is 29.2 Å². The van der Waals surface area contributed by atoms with Gasteiger partial charge in [0.2, 0.25) is 0 Å². The molecule has 0 bridgehead atoms. The molecule has 148 valence electrons. The predicted octanol–water partition coefficient (Wildman–Crippen LogP) is 3.25. The van der Waals surface area contributed by atoms with E-state index in [4.69, 9.17) is 9.47 Å². The number of methoxy groups -OCH3 is 1. The van der Waals surface area contributed by atoms with Crippen LogP contribution in [-0.4, -0.2) is 41.6 Å². The summed E-state index contributed by atoms with van der Waals surface area (Å²) in [5.41, 5.74) is 2.43. The van der Waals surface area contributed by atoms with Crippen molar-refractivity contribution in [3.8, 4) is 22.8 Å². The van der Waals surface area contributed by atoms with Gasteiger partial charge in [0.05, 0.1) is 35.5 Å². The molecule has 2 N–H and O–H groups in total. The van der Waals surface area contributed by atoms with E-state index in [9.17, 15) is 13.6 Å². The minimum absolute atomic E-state index is 0.0120. The van der Waals surface area contributed by atoms with Gasteiger partial charge in [0.25, 0.3) is 5.56 Å². The quantitative estimate of drug-likeness (QED) is 0.615. The van der Waals surface area contributed by atoms with Crippen LogP contribution >= 0.6 is 0 Å². The molecule has 1 fully saturated rings. The van der Waals surface area contributed by atoms with E-state index in [1.807, 2.05) is 0 Å². The molecule has 1 aliphatic rings. The highest BCUT2D eigenvalue weighted by Gasteiger charge is 2.26. The second-order valence-corrected chi connectivity index (χ2v) is 6.57. The van der Waals surface area contributed by atoms with Crippen LogP contribution in [0.25, 0.3) is 22.2 Å². The van der Waals surface area contributed by atoms with Gasteiger partial charge in [-0.1, -0.05) is 0 Å². The van der Waals surface area contributed by atoms with Crippen LogP contribution < -0.4 is 15.0 Å². The van der Waals surface area contributed by atoms with Crippen molar-refractivity contribution in [1.29, 1.82) is 0 Å². The van der Waals surface area contributed by atoms with E-state index < -0.39 is 6.61 Å². The maximum absolute atomic E-state index is 12.7. The first kappa shape index (κ1) is 18.4. The number of halogens is 2. The standard InChI is InChI=1S/C19H19F2N3O4/c1-26-7-6-12-16-13(9-22-24-18(16)25)23-17(12)10-2-5-14(28-19(20)21)15(8-10)27-11-3-4-11/h2,5,8-9,11,19,23H,3-4,6-7H2,1H3,(H,24,25). The Labute approximate surface area is 158 Å². The Morgan fingerprint density at radius 3 is 2.82 bits per heavy atom. The number of ether oxygens (including phenoxy) is 3. The molecule has 0 radical (unpaired) electrons. The normalized spacial score (nSPS) is 14.0. The molecular weight excluding hydrogens is 372 g/mol. The van der Waals surface area contributed by atoms with Gasteiger partial charge >= 0.3 is 6.61 Å². The summed E-state index contributed by atoms with van der Waals surface area (Å²) < 4.78 is 41.0. The third-order valence-electron chi connectivity index (χ3n) is 4.54. The van der Waals surface area contributed by atoms with Crippen molar-refractivity contribution in [3.63, 3.8) is 0 Å². The van der Waals surface area contributed by atoms with Gasteiger partial charge in [0.1, 0.15) is 0 Å². The maximum atomic E-state index is 12.7. The molecule has 0 saturated heterocycles. The Kier molecular flexibility index (Phi) is 4.99. The van der Waals surface area contributed by atoms with E-state index in [1.165, 1.54) is 12.3 Å². The number of aromatic amines is 2. The van der Waals surface area contributed by atoms with Crippen LogP contribution in [0.1, 0.15) is 18.4 Å². The van der Waals surface area contributed by atoms with Crippen LogP contribution in [0.5, 0.6) is 11.5 Å². The second kappa shape index (κ2) is 7.59. The molecule has 4 rings (SSSR count). The third-order valence-corrected chi connectivity index (χ3v) is 4.54. The van der Waals surface area contributed by atoms with E-state index in [0.717, 1.165) is 18.4 Å². The van der Waals surface area contributed by atoms with Crippen molar-refractivity contribution in [2.24, 2.45) is 0 Å². The van der Waals surface area contributed by atoms with E-state index in [1.54, 1.807) is 19.2 Å². The second-order valence-electron chi connectivity index (χ2n) is 6.57. The summed E-state index contributed by atoms with van der Waals surface area (Å²) in [6.07, 6.45) is 3.80. The lowest BCUT2D eigenvalue weighted by molar-refractivity contribution is -0.0516. The number of hydrogen-bond donors (Lipinski definition) is 2. The van der Waals surface area contributed by atoms with Crippen LogP contribution in [0, 0.1) is 0 Å². The van der Waals surface area contributed by atoms with Gasteiger partial charge < -0.3 is 19.2 Å². The molecule has 28 heavy (non-hydrogen) atoms. The summed E-state index contributed by atoms with van der Waals surface area (Å²) in [5.74, 6) is 0.239. The minimum Gasteiger partial charge on any atom is -0.487 e. The number of alkyl halides is 2. The molecule has 3 aromatic rings. The third kappa shape index (κ3) is 3.70. The molecule has 2 heterocycles. The molecule has 1 aromatic carbocycles. The van der Waals surface area contributed by atoms with Gasteiger partial charge in [-0.3, -0.25) is 4.79 Å². The highest BCUT2D eigenvalue weighted by Crippen LogP contribution is 2.39. The number of rotatable bonds is 8. The van der Waals surface area contributed by atoms with Crippen molar-refractivity contribution in [2.75, 3.05) is 13.7 Å². The topological polar surface area (TPSA) is 89.2 Å². The first-order chi connectivity index (χ1) is 13.6. The number of nitrogens with zero attached hydrogens (tertiary/aromatic N) is 1. The summed E-state index contributed by atoms with van der Waals surface area (Å²) in [7, 11) is 1.58. The molecule has 0 aliphatic heterocycles. The van der Waals surface area contributed by atoms with Gasteiger partial charge in [-0.15, -0.1) is 0 Å². The van der Waals surface area contributed by atoms with Crippen molar-refractivity contribution in [1.82, 2.24) is 15.2 Å². The monoisotopic (exact) mass is 391 g/mol. The molecule has 0 unspecified atom stereocenters. The van der Waals surface area contributed by atoms with Crippen LogP contribution in [0.3, 0.4) is 0 Å². The van der Waals surface area contributed by atoms with E-state index in [0.29, 0.717) is 35.2 Å². The SMILES string of the molecule is COCCc1c(-c2ccc(OC(F)F)c(OC3CC3)c2)[nH]c2cn[nH]c(=O)c12. The zero-order valence-corrected chi connectivity index (χ0v) is 15.1. The number of hydrogen-bond acceptors (Lipinski definition) is 5. The molecule has 0 amide bonds. The molecule has 2 aromatic heterocycles. The number of H-pyrrole nitrogens is 2. The first-order valence-electron chi connectivity index (χ1n) is 8.90. The molecule has 1 saturated carbocycles. The highest BCUT2D eigenvalue weighted by molar-refractivity contribution is 5.89. The Morgan fingerprint density at radius 2 is 2.11 bits per heavy atom. The van der Waals surface area contributed by atoms with Gasteiger partial charge in [0, 0.05) is 12.7 Å². The Bertz CT molecular complexity index is 1040. The fourth-order valence-electron chi connectivity index (χ4n) is 3.14. The summed E-state index contributed by atoms with van der Waals surface area (Å²) in [6, 6.07) is 4.76. The summed E-state index contributed by atoms with van der Waals surface area (Å²) in [6.45, 7) is -2.53. The van der Waals surface area contributed by atoms with Gasteiger partial charge in [-0.05, 0) is 43.0 Å². The van der Waals surface area contributed by atoms with Crippen LogP contribution in [0.2, 0.25) is 0 Å². The van der Waals surface area contributed by atoms with E-state index >= 15 is 0 Å². The van der Waals surface area contributed by atoms with Gasteiger partial charge in [0.15, 0.2) is 11.5 Å². The van der Waals surface area contributed by atoms with Crippen molar-refractivity contribution < 1.29 is 23.0 Å². The molecule has 0 atom stereocenters. The predicted molar refractivity (Wildman–Crippen MR) is 98.0 cm³/mol. The molecule has 7 nitrogen and oxygen atoms in total. The Morgan fingerprint density at radius 1 is 1.29 bits per heavy atom. The van der Waals surface area contributed by atoms with E-state index in [-0.39, 0.29) is 23.2 Å². The van der Waals surface area contributed by atoms with Gasteiger partial charge in [-0.25, -0.2) is 5.10 Å². The number of benzene rings is 1. The fourth-order valence-corrected chi connectivity index (χ4v) is 3.14. The molecular formula is C19H19F2N3O4. The Balaban J connectivity index is 1.82. The van der Waals surface area contributed by atoms with Crippen LogP contribution in [-0.2, 0) is 11.2 Å². The Hall–Kier alpha value is -2.94. The fraction of sp³-hybridized carbons (Fsp3) is 0.368. The van der Waals surface area contributed by atoms with Crippen molar-refractivity contribution >= 4 is 10.9 Å². The summed E-state index contributed by atoms with van der Waals surface area (Å²) in [5, 5.41) is 6.76. The maximum Gasteiger partial charge on any atom is 0.387 e.